The highest BCUT2D eigenvalue weighted by Gasteiger charge is 2.37. The van der Waals surface area contributed by atoms with Crippen LogP contribution in [0.1, 0.15) is 19.3 Å². The molecule has 0 spiro atoms. The second kappa shape index (κ2) is 6.60. The highest BCUT2D eigenvalue weighted by Crippen LogP contribution is 2.33. The third kappa shape index (κ3) is 7.34. The molecule has 4 nitrogen and oxygen atoms in total. The van der Waals surface area contributed by atoms with Crippen molar-refractivity contribution in [3.05, 3.63) is 0 Å². The molecule has 1 rings (SSSR count). The zero-order valence-electron chi connectivity index (χ0n) is 10.2. The van der Waals surface area contributed by atoms with Crippen LogP contribution in [0.15, 0.2) is 0 Å². The van der Waals surface area contributed by atoms with Gasteiger partial charge in [-0.15, -0.1) is 0 Å². The fraction of sp³-hybridized carbons (Fsp3) is 1.00. The van der Waals surface area contributed by atoms with E-state index in [1.807, 2.05) is 0 Å². The zero-order chi connectivity index (χ0) is 14.6. The number of rotatable bonds is 6. The smallest absolute Gasteiger partial charge is 0.381 e. The van der Waals surface area contributed by atoms with Crippen molar-refractivity contribution in [2.45, 2.75) is 25.4 Å². The third-order valence-electron chi connectivity index (χ3n) is 2.97. The van der Waals surface area contributed by atoms with E-state index in [1.54, 1.807) is 0 Å². The van der Waals surface area contributed by atoms with E-state index in [1.165, 1.54) is 0 Å². The molecule has 0 aromatic heterocycles. The first-order valence-electron chi connectivity index (χ1n) is 5.77. The molecule has 1 aliphatic rings. The van der Waals surface area contributed by atoms with E-state index in [4.69, 9.17) is 20.2 Å². The molecule has 0 unspecified atom stereocenters. The number of alkyl halides is 3. The number of halogens is 4. The Balaban J connectivity index is 2.51. The highest BCUT2D eigenvalue weighted by atomic mass is 35.7. The monoisotopic (exact) mass is 324 g/mol. The Kier molecular flexibility index (Phi) is 5.91. The number of hydrogen-bond donors (Lipinski definition) is 0. The van der Waals surface area contributed by atoms with Crippen LogP contribution < -0.4 is 0 Å². The van der Waals surface area contributed by atoms with E-state index >= 15 is 0 Å². The third-order valence-corrected chi connectivity index (χ3v) is 4.25. The summed E-state index contributed by atoms with van der Waals surface area (Å²) in [6, 6.07) is 0. The van der Waals surface area contributed by atoms with Crippen LogP contribution in [-0.4, -0.2) is 46.8 Å². The summed E-state index contributed by atoms with van der Waals surface area (Å²) in [6.07, 6.45) is -4.51. The summed E-state index contributed by atoms with van der Waals surface area (Å²) >= 11 is 0. The van der Waals surface area contributed by atoms with Gasteiger partial charge in [-0.1, -0.05) is 0 Å². The van der Waals surface area contributed by atoms with Gasteiger partial charge in [0, 0.05) is 29.3 Å². The van der Waals surface area contributed by atoms with Crippen molar-refractivity contribution in [3.63, 3.8) is 0 Å². The molecular weight excluding hydrogens is 309 g/mol. The first-order chi connectivity index (χ1) is 8.62. The second-order valence-electron chi connectivity index (χ2n) is 4.71. The summed E-state index contributed by atoms with van der Waals surface area (Å²) in [5, 5.41) is 0. The predicted octanol–water partition coefficient (Wildman–Crippen LogP) is 2.32. The minimum Gasteiger partial charge on any atom is -0.381 e. The van der Waals surface area contributed by atoms with E-state index in [0.29, 0.717) is 26.1 Å². The minimum absolute atomic E-state index is 0.0572. The van der Waals surface area contributed by atoms with E-state index in [0.717, 1.165) is 0 Å². The summed E-state index contributed by atoms with van der Waals surface area (Å²) in [5.41, 5.74) is -0.746. The van der Waals surface area contributed by atoms with Gasteiger partial charge >= 0.3 is 6.18 Å². The Labute approximate surface area is 114 Å². The Morgan fingerprint density at radius 3 is 2.32 bits per heavy atom. The van der Waals surface area contributed by atoms with Crippen molar-refractivity contribution in [1.29, 1.82) is 0 Å². The molecule has 0 N–H and O–H groups in total. The van der Waals surface area contributed by atoms with Crippen LogP contribution in [-0.2, 0) is 18.5 Å². The van der Waals surface area contributed by atoms with Gasteiger partial charge in [-0.05, 0) is 12.8 Å². The molecule has 0 bridgehead atoms. The second-order valence-corrected chi connectivity index (χ2v) is 7.49. The lowest BCUT2D eigenvalue weighted by molar-refractivity contribution is -0.149. The van der Waals surface area contributed by atoms with Crippen LogP contribution in [0.3, 0.4) is 0 Å². The minimum atomic E-state index is -4.28. The Hall–Kier alpha value is -0.0500. The van der Waals surface area contributed by atoms with Gasteiger partial charge in [0.2, 0.25) is 9.05 Å². The number of hydrogen-bond acceptors (Lipinski definition) is 4. The molecule has 0 atom stereocenters. The lowest BCUT2D eigenvalue weighted by atomic mass is 9.83. The van der Waals surface area contributed by atoms with Crippen LogP contribution in [0.25, 0.3) is 0 Å². The molecular formula is C10H16ClF3O4S. The van der Waals surface area contributed by atoms with Crippen molar-refractivity contribution < 1.29 is 31.1 Å². The quantitative estimate of drug-likeness (QED) is 0.556. The standard InChI is InChI=1S/C10H16ClF3O4S/c11-19(15,16)8-9(1-4-17-5-2-9)7-18-6-3-10(12,13)14/h1-8H2. The SMILES string of the molecule is O=S(=O)(Cl)CC1(COCCC(F)(F)F)CCOCC1. The van der Waals surface area contributed by atoms with Crippen molar-refractivity contribution in [1.82, 2.24) is 0 Å². The maximum Gasteiger partial charge on any atom is 0.391 e. The van der Waals surface area contributed by atoms with Gasteiger partial charge in [0.15, 0.2) is 0 Å². The van der Waals surface area contributed by atoms with E-state index in [2.05, 4.69) is 0 Å². The summed E-state index contributed by atoms with van der Waals surface area (Å²) in [6.45, 7) is 0.177. The van der Waals surface area contributed by atoms with Gasteiger partial charge in [0.1, 0.15) is 0 Å². The first kappa shape index (κ1) is 17.0. The highest BCUT2D eigenvalue weighted by molar-refractivity contribution is 8.13. The molecule has 114 valence electrons. The molecule has 1 saturated heterocycles. The molecule has 1 fully saturated rings. The summed E-state index contributed by atoms with van der Waals surface area (Å²) in [7, 11) is 1.50. The fourth-order valence-corrected chi connectivity index (χ4v) is 3.77. The molecule has 0 aromatic rings. The largest absolute Gasteiger partial charge is 0.391 e. The fourth-order valence-electron chi connectivity index (χ4n) is 1.98. The molecule has 0 radical (unpaired) electrons. The van der Waals surface area contributed by atoms with Gasteiger partial charge in [-0.25, -0.2) is 8.42 Å². The molecule has 1 heterocycles. The predicted molar refractivity (Wildman–Crippen MR) is 63.6 cm³/mol. The van der Waals surface area contributed by atoms with Gasteiger partial charge in [-0.2, -0.15) is 13.2 Å². The molecule has 1 aliphatic heterocycles. The van der Waals surface area contributed by atoms with Crippen molar-refractivity contribution in [2.24, 2.45) is 5.41 Å². The molecule has 0 aromatic carbocycles. The lowest BCUT2D eigenvalue weighted by Crippen LogP contribution is -2.39. The van der Waals surface area contributed by atoms with Crippen LogP contribution >= 0.6 is 10.7 Å². The van der Waals surface area contributed by atoms with Crippen LogP contribution in [0.5, 0.6) is 0 Å². The Morgan fingerprint density at radius 2 is 1.84 bits per heavy atom. The maximum absolute atomic E-state index is 12.0. The van der Waals surface area contributed by atoms with E-state index < -0.39 is 33.7 Å². The molecule has 19 heavy (non-hydrogen) atoms. The molecule has 0 saturated carbocycles. The summed E-state index contributed by atoms with van der Waals surface area (Å²) in [5.74, 6) is -0.309. The Morgan fingerprint density at radius 1 is 1.26 bits per heavy atom. The molecule has 9 heteroatoms. The van der Waals surface area contributed by atoms with Crippen molar-refractivity contribution >= 4 is 19.7 Å². The average molecular weight is 325 g/mol. The molecule has 0 aliphatic carbocycles. The topological polar surface area (TPSA) is 52.6 Å². The normalized spacial score (nSPS) is 20.4. The maximum atomic E-state index is 12.0. The van der Waals surface area contributed by atoms with Crippen molar-refractivity contribution in [2.75, 3.05) is 32.2 Å². The van der Waals surface area contributed by atoms with Crippen molar-refractivity contribution in [3.8, 4) is 0 Å². The van der Waals surface area contributed by atoms with Gasteiger partial charge in [0.25, 0.3) is 0 Å². The van der Waals surface area contributed by atoms with Crippen LogP contribution in [0.4, 0.5) is 13.2 Å². The Bertz CT molecular complexity index is 377. The van der Waals surface area contributed by atoms with Gasteiger partial charge in [0.05, 0.1) is 25.4 Å². The number of ether oxygens (including phenoxy) is 2. The molecule has 0 amide bonds. The van der Waals surface area contributed by atoms with E-state index in [-0.39, 0.29) is 12.4 Å². The van der Waals surface area contributed by atoms with Gasteiger partial charge < -0.3 is 9.47 Å². The zero-order valence-corrected chi connectivity index (χ0v) is 11.8. The lowest BCUT2D eigenvalue weighted by Gasteiger charge is -2.35. The van der Waals surface area contributed by atoms with E-state index in [9.17, 15) is 21.6 Å². The van der Waals surface area contributed by atoms with Crippen LogP contribution in [0.2, 0.25) is 0 Å². The first-order valence-corrected chi connectivity index (χ1v) is 8.24. The average Bonchev–Trinajstić information content (AvgIpc) is 2.22. The summed E-state index contributed by atoms with van der Waals surface area (Å²) < 4.78 is 68.4. The summed E-state index contributed by atoms with van der Waals surface area (Å²) in [4.78, 5) is 0. The van der Waals surface area contributed by atoms with Gasteiger partial charge in [-0.3, -0.25) is 0 Å². The van der Waals surface area contributed by atoms with Crippen LogP contribution in [0, 0.1) is 5.41 Å².